The van der Waals surface area contributed by atoms with Crippen LogP contribution in [0.1, 0.15) is 57.3 Å². The fraction of sp³-hybridized carbons (Fsp3) is 0.216. The van der Waals surface area contributed by atoms with E-state index in [0.717, 1.165) is 6.42 Å². The van der Waals surface area contributed by atoms with Crippen LogP contribution in [-0.4, -0.2) is 3.21 Å². The van der Waals surface area contributed by atoms with E-state index >= 15 is 0 Å². The van der Waals surface area contributed by atoms with Gasteiger partial charge in [0, 0.05) is 0 Å². The van der Waals surface area contributed by atoms with Crippen molar-refractivity contribution in [2.45, 2.75) is 47.0 Å². The van der Waals surface area contributed by atoms with Crippen LogP contribution in [0, 0.1) is 13.8 Å². The van der Waals surface area contributed by atoms with Crippen molar-refractivity contribution in [2.24, 2.45) is 0 Å². The third-order valence-electron chi connectivity index (χ3n) is 9.59. The molecule has 0 radical (unpaired) electrons. The monoisotopic (exact) mass is 572 g/mol. The van der Waals surface area contributed by atoms with Gasteiger partial charge in [-0.25, -0.2) is 0 Å². The Morgan fingerprint density at radius 3 is 1.53 bits per heavy atom. The van der Waals surface area contributed by atoms with Crippen LogP contribution in [-0.2, 0) is 18.3 Å². The van der Waals surface area contributed by atoms with Gasteiger partial charge in [-0.3, -0.25) is 0 Å². The van der Waals surface area contributed by atoms with Gasteiger partial charge in [0.25, 0.3) is 0 Å². The van der Waals surface area contributed by atoms with Gasteiger partial charge in [0.05, 0.1) is 0 Å². The molecule has 0 saturated carbocycles. The number of aryl methyl sites for hydroxylation is 2. The molecule has 6 rings (SSSR count). The molecule has 4 aromatic carbocycles. The Hall–Kier alpha value is -2.89. The molecule has 0 nitrogen and oxygen atoms in total. The third-order valence-corrected chi connectivity index (χ3v) is 26.2. The van der Waals surface area contributed by atoms with Crippen LogP contribution in [0.2, 0.25) is 9.26 Å². The summed E-state index contributed by atoms with van der Waals surface area (Å²) in [6, 6.07) is 37.0. The van der Waals surface area contributed by atoms with E-state index in [9.17, 15) is 0 Å². The van der Waals surface area contributed by atoms with E-state index in [1.807, 2.05) is 0 Å². The molecule has 0 fully saturated rings. The zero-order valence-electron chi connectivity index (χ0n) is 23.6. The molecule has 0 spiro atoms. The predicted molar refractivity (Wildman–Crippen MR) is 162 cm³/mol. The molecular weight excluding hydrogens is 536 g/mol. The van der Waals surface area contributed by atoms with Crippen molar-refractivity contribution < 1.29 is 18.3 Å². The van der Waals surface area contributed by atoms with E-state index in [2.05, 4.69) is 140 Å². The van der Waals surface area contributed by atoms with Gasteiger partial charge in [-0.05, 0) is 0 Å². The molecule has 0 aromatic heterocycles. The zero-order chi connectivity index (χ0) is 26.7. The van der Waals surface area contributed by atoms with E-state index < -0.39 is 18.3 Å². The minimum atomic E-state index is -4.22. The Morgan fingerprint density at radius 1 is 0.632 bits per heavy atom. The molecule has 2 aliphatic carbocycles. The Kier molecular flexibility index (Phi) is 6.08. The van der Waals surface area contributed by atoms with Gasteiger partial charge in [-0.2, -0.15) is 0 Å². The summed E-state index contributed by atoms with van der Waals surface area (Å²) in [5, 5.41) is 0. The molecule has 0 amide bonds. The van der Waals surface area contributed by atoms with Gasteiger partial charge in [-0.1, -0.05) is 0 Å². The average Bonchev–Trinajstić information content (AvgIpc) is 3.42. The molecule has 0 N–H and O–H groups in total. The van der Waals surface area contributed by atoms with Crippen LogP contribution in [0.4, 0.5) is 0 Å². The van der Waals surface area contributed by atoms with Crippen molar-refractivity contribution >= 4 is 3.21 Å². The first-order valence-electron chi connectivity index (χ1n) is 13.9. The molecule has 0 saturated heterocycles. The molecule has 2 aliphatic rings. The summed E-state index contributed by atoms with van der Waals surface area (Å²) >= 11 is -4.22. The van der Waals surface area contributed by atoms with Crippen LogP contribution < -0.4 is 0 Å². The van der Waals surface area contributed by atoms with Crippen LogP contribution in [0.3, 0.4) is 0 Å². The first-order valence-corrected chi connectivity index (χ1v) is 22.7. The molecule has 190 valence electrons. The summed E-state index contributed by atoms with van der Waals surface area (Å²) < 4.78 is 9.19. The third kappa shape index (κ3) is 3.77. The zero-order valence-corrected chi connectivity index (χ0v) is 26.1. The number of rotatable bonds is 4. The first-order chi connectivity index (χ1) is 18.2. The maximum atomic E-state index is 2.75. The van der Waals surface area contributed by atoms with Crippen molar-refractivity contribution in [2.75, 3.05) is 0 Å². The van der Waals surface area contributed by atoms with Crippen LogP contribution >= 0.6 is 0 Å². The second-order valence-electron chi connectivity index (χ2n) is 12.5. The van der Waals surface area contributed by atoms with E-state index in [4.69, 9.17) is 0 Å². The first kappa shape index (κ1) is 25.4. The summed E-state index contributed by atoms with van der Waals surface area (Å²) in [5.41, 5.74) is 14.4. The Labute approximate surface area is 229 Å². The molecule has 0 heterocycles. The van der Waals surface area contributed by atoms with E-state index in [-0.39, 0.29) is 0 Å². The summed E-state index contributed by atoms with van der Waals surface area (Å²) in [4.78, 5) is 0. The van der Waals surface area contributed by atoms with Gasteiger partial charge in [0.1, 0.15) is 0 Å². The van der Waals surface area contributed by atoms with Crippen molar-refractivity contribution in [3.05, 3.63) is 151 Å². The fourth-order valence-electron chi connectivity index (χ4n) is 7.54. The Balaban J connectivity index is 1.86. The van der Waals surface area contributed by atoms with Crippen LogP contribution in [0.5, 0.6) is 0 Å². The SMILES string of the molecule is CC1=C(C)C[C]([Zr]([CH3])([CH3])(=[C](c2ccccc2)c2ccccc2)[CH]2c3cc(C)ccc3-c3ccc(C)cc32)=C1. The normalized spacial score (nSPS) is 15.4. The van der Waals surface area contributed by atoms with Gasteiger partial charge in [0.15, 0.2) is 0 Å². The minimum absolute atomic E-state index is 0.376. The van der Waals surface area contributed by atoms with Gasteiger partial charge in [0.2, 0.25) is 0 Å². The molecule has 4 aromatic rings. The van der Waals surface area contributed by atoms with E-state index in [0.29, 0.717) is 3.63 Å². The number of hydrogen-bond donors (Lipinski definition) is 0. The maximum absolute atomic E-state index is 4.22. The molecule has 0 aliphatic heterocycles. The van der Waals surface area contributed by atoms with Crippen molar-refractivity contribution in [1.29, 1.82) is 0 Å². The number of hydrogen-bond acceptors (Lipinski definition) is 0. The van der Waals surface area contributed by atoms with Gasteiger partial charge in [-0.15, -0.1) is 0 Å². The molecule has 1 heteroatoms. The molecule has 0 unspecified atom stereocenters. The number of allylic oxidation sites excluding steroid dienone is 4. The fourth-order valence-corrected chi connectivity index (χ4v) is 24.5. The summed E-state index contributed by atoms with van der Waals surface area (Å²) in [7, 11) is 0. The predicted octanol–water partition coefficient (Wildman–Crippen LogP) is 10.1. The number of benzene rings is 4. The summed E-state index contributed by atoms with van der Waals surface area (Å²) in [5.74, 6) is 0. The Bertz CT molecular complexity index is 1610. The average molecular weight is 574 g/mol. The quantitative estimate of drug-likeness (QED) is 0.228. The summed E-state index contributed by atoms with van der Waals surface area (Å²) in [6.45, 7) is 9.16. The standard InChI is InChI=1S/C15H13.C13H10.C7H9.2CH3.Zr/c1-10-3-5-14-12(7-10)9-13-8-11(2)4-6-15(13)14;1-3-7-12(8-4-1)11-13-9-5-2-6-10-13;1-6-4-3-5-7(6)2;;;/h3-9H,1-2H3;1-10H;4H,5H2,1-2H3;2*1H3;. The molecule has 38 heavy (non-hydrogen) atoms. The Morgan fingerprint density at radius 2 is 1.11 bits per heavy atom. The molecule has 0 atom stereocenters. The van der Waals surface area contributed by atoms with Crippen LogP contribution in [0.15, 0.2) is 118 Å². The summed E-state index contributed by atoms with van der Waals surface area (Å²) in [6.07, 6.45) is 3.68. The van der Waals surface area contributed by atoms with Crippen molar-refractivity contribution in [1.82, 2.24) is 0 Å². The van der Waals surface area contributed by atoms with Crippen LogP contribution in [0.25, 0.3) is 11.1 Å². The van der Waals surface area contributed by atoms with E-state index in [1.54, 1.807) is 6.49 Å². The molecule has 0 bridgehead atoms. The topological polar surface area (TPSA) is 0 Å². The molecular formula is C37H38Zr. The van der Waals surface area contributed by atoms with Crippen molar-refractivity contribution in [3.63, 3.8) is 0 Å². The van der Waals surface area contributed by atoms with Crippen molar-refractivity contribution in [3.8, 4) is 11.1 Å². The van der Waals surface area contributed by atoms with Gasteiger partial charge < -0.3 is 0 Å². The number of fused-ring (bicyclic) bond motifs is 3. The van der Waals surface area contributed by atoms with Gasteiger partial charge >= 0.3 is 231 Å². The second kappa shape index (κ2) is 9.10. The second-order valence-corrected chi connectivity index (χ2v) is 29.0. The van der Waals surface area contributed by atoms with E-state index in [1.165, 1.54) is 55.7 Å².